The lowest BCUT2D eigenvalue weighted by Gasteiger charge is -2.25. The van der Waals surface area contributed by atoms with Crippen LogP contribution >= 0.6 is 34.8 Å². The van der Waals surface area contributed by atoms with Crippen molar-refractivity contribution in [1.29, 1.82) is 0 Å². The third-order valence-corrected chi connectivity index (χ3v) is 5.22. The lowest BCUT2D eigenvalue weighted by Crippen LogP contribution is -2.44. The maximum Gasteiger partial charge on any atom is 0.244 e. The van der Waals surface area contributed by atoms with Gasteiger partial charge in [0.1, 0.15) is 4.90 Å². The second kappa shape index (κ2) is 6.16. The maximum absolute atomic E-state index is 12.3. The minimum absolute atomic E-state index is 0.0511. The lowest BCUT2D eigenvalue weighted by atomic mass is 10.0. The molecule has 0 bridgehead atoms. The van der Waals surface area contributed by atoms with Gasteiger partial charge < -0.3 is 5.11 Å². The number of aliphatic hydroxyl groups is 1. The first-order chi connectivity index (χ1) is 8.59. The largest absolute Gasteiger partial charge is 0.396 e. The third kappa shape index (κ3) is 4.48. The molecule has 108 valence electrons. The van der Waals surface area contributed by atoms with Crippen molar-refractivity contribution in [3.63, 3.8) is 0 Å². The Bertz CT molecular complexity index is 550. The fourth-order valence-electron chi connectivity index (χ4n) is 1.53. The summed E-state index contributed by atoms with van der Waals surface area (Å²) in [6.45, 7) is 3.16. The van der Waals surface area contributed by atoms with Crippen LogP contribution in [0.4, 0.5) is 0 Å². The van der Waals surface area contributed by atoms with E-state index in [-0.39, 0.29) is 33.0 Å². The summed E-state index contributed by atoms with van der Waals surface area (Å²) in [7, 11) is -3.90. The Balaban J connectivity index is 3.22. The first-order valence-corrected chi connectivity index (χ1v) is 8.00. The molecule has 8 heteroatoms. The Labute approximate surface area is 127 Å². The van der Waals surface area contributed by atoms with Gasteiger partial charge in [-0.15, -0.1) is 0 Å². The van der Waals surface area contributed by atoms with Gasteiger partial charge in [-0.3, -0.25) is 0 Å². The summed E-state index contributed by atoms with van der Waals surface area (Å²) in [5.41, 5.74) is -0.820. The van der Waals surface area contributed by atoms with E-state index in [1.165, 1.54) is 12.1 Å². The topological polar surface area (TPSA) is 66.4 Å². The summed E-state index contributed by atoms with van der Waals surface area (Å²) in [4.78, 5) is -0.216. The summed E-state index contributed by atoms with van der Waals surface area (Å²) in [5, 5.41) is 9.06. The molecular formula is C11H14Cl3NO3S. The molecule has 1 rings (SSSR count). The second-order valence-electron chi connectivity index (χ2n) is 4.66. The predicted octanol–water partition coefficient (Wildman–Crippen LogP) is 3.09. The summed E-state index contributed by atoms with van der Waals surface area (Å²) < 4.78 is 27.0. The van der Waals surface area contributed by atoms with Crippen LogP contribution in [0.15, 0.2) is 17.0 Å². The molecule has 4 nitrogen and oxygen atoms in total. The van der Waals surface area contributed by atoms with Crippen LogP contribution < -0.4 is 4.72 Å². The maximum atomic E-state index is 12.3. The van der Waals surface area contributed by atoms with Crippen molar-refractivity contribution in [2.45, 2.75) is 30.7 Å². The fraction of sp³-hybridized carbons (Fsp3) is 0.455. The number of nitrogens with one attached hydrogen (secondary N) is 1. The minimum atomic E-state index is -3.90. The van der Waals surface area contributed by atoms with Gasteiger partial charge in [0.2, 0.25) is 10.0 Å². The van der Waals surface area contributed by atoms with Crippen molar-refractivity contribution in [3.05, 3.63) is 27.2 Å². The number of hydrogen-bond acceptors (Lipinski definition) is 3. The molecule has 0 radical (unpaired) electrons. The van der Waals surface area contributed by atoms with Crippen LogP contribution in [0.5, 0.6) is 0 Å². The number of benzene rings is 1. The van der Waals surface area contributed by atoms with E-state index < -0.39 is 15.6 Å². The molecule has 0 aliphatic heterocycles. The van der Waals surface area contributed by atoms with Gasteiger partial charge >= 0.3 is 0 Å². The molecule has 0 atom stereocenters. The Morgan fingerprint density at radius 2 is 1.68 bits per heavy atom. The first-order valence-electron chi connectivity index (χ1n) is 5.38. The average molecular weight is 347 g/mol. The smallest absolute Gasteiger partial charge is 0.244 e. The summed E-state index contributed by atoms with van der Waals surface area (Å²) in [5.74, 6) is 0. The van der Waals surface area contributed by atoms with Gasteiger partial charge in [0, 0.05) is 17.2 Å². The highest BCUT2D eigenvalue weighted by molar-refractivity contribution is 7.89. The van der Waals surface area contributed by atoms with Gasteiger partial charge in [0.05, 0.1) is 10.0 Å². The van der Waals surface area contributed by atoms with Gasteiger partial charge in [-0.1, -0.05) is 34.8 Å². The quantitative estimate of drug-likeness (QED) is 0.861. The molecule has 0 saturated heterocycles. The average Bonchev–Trinajstić information content (AvgIpc) is 2.11. The van der Waals surface area contributed by atoms with Crippen LogP contribution in [0.25, 0.3) is 0 Å². The van der Waals surface area contributed by atoms with Crippen molar-refractivity contribution in [2.75, 3.05) is 6.61 Å². The van der Waals surface area contributed by atoms with Crippen LogP contribution in [-0.2, 0) is 10.0 Å². The zero-order chi connectivity index (χ0) is 14.8. The molecule has 0 aliphatic rings. The third-order valence-electron chi connectivity index (χ3n) is 2.38. The molecule has 0 aliphatic carbocycles. The number of sulfonamides is 1. The molecule has 0 heterocycles. The van der Waals surface area contributed by atoms with Gasteiger partial charge in [-0.05, 0) is 32.4 Å². The second-order valence-corrected chi connectivity index (χ2v) is 7.53. The number of aliphatic hydroxyl groups excluding tert-OH is 1. The van der Waals surface area contributed by atoms with Crippen LogP contribution in [0.3, 0.4) is 0 Å². The van der Waals surface area contributed by atoms with E-state index in [4.69, 9.17) is 39.9 Å². The highest BCUT2D eigenvalue weighted by Crippen LogP contribution is 2.33. The van der Waals surface area contributed by atoms with Gasteiger partial charge in [-0.25, -0.2) is 13.1 Å². The van der Waals surface area contributed by atoms with E-state index in [2.05, 4.69) is 4.72 Å². The number of rotatable bonds is 5. The van der Waals surface area contributed by atoms with E-state index >= 15 is 0 Å². The zero-order valence-electron chi connectivity index (χ0n) is 10.4. The molecule has 0 aromatic heterocycles. The van der Waals surface area contributed by atoms with Crippen LogP contribution in [-0.4, -0.2) is 25.7 Å². The Morgan fingerprint density at radius 1 is 1.21 bits per heavy atom. The van der Waals surface area contributed by atoms with E-state index in [0.29, 0.717) is 0 Å². The van der Waals surface area contributed by atoms with Crippen LogP contribution in [0.1, 0.15) is 20.3 Å². The number of halogens is 3. The normalized spacial score (nSPS) is 12.7. The van der Waals surface area contributed by atoms with E-state index in [0.717, 1.165) is 0 Å². The van der Waals surface area contributed by atoms with Crippen LogP contribution in [0, 0.1) is 0 Å². The monoisotopic (exact) mass is 345 g/mol. The Kier molecular flexibility index (Phi) is 5.52. The Morgan fingerprint density at radius 3 is 2.11 bits per heavy atom. The van der Waals surface area contributed by atoms with Gasteiger partial charge in [-0.2, -0.15) is 0 Å². The molecule has 19 heavy (non-hydrogen) atoms. The number of hydrogen-bond donors (Lipinski definition) is 2. The van der Waals surface area contributed by atoms with E-state index in [1.54, 1.807) is 13.8 Å². The van der Waals surface area contributed by atoms with Crippen molar-refractivity contribution in [1.82, 2.24) is 4.72 Å². The van der Waals surface area contributed by atoms with Crippen molar-refractivity contribution >= 4 is 44.8 Å². The standard InChI is InChI=1S/C11H14Cl3NO3S/c1-11(2,3-4-16)15-19(17,18)10-8(13)5-7(12)6-9(10)14/h5-6,15-16H,3-4H2,1-2H3. The van der Waals surface area contributed by atoms with Gasteiger partial charge in [0.15, 0.2) is 0 Å². The fourth-order valence-corrected chi connectivity index (χ4v) is 4.52. The molecule has 1 aromatic carbocycles. The highest BCUT2D eigenvalue weighted by Gasteiger charge is 2.29. The zero-order valence-corrected chi connectivity index (χ0v) is 13.5. The molecule has 0 amide bonds. The highest BCUT2D eigenvalue weighted by atomic mass is 35.5. The molecule has 0 spiro atoms. The summed E-state index contributed by atoms with van der Waals surface area (Å²) in [6, 6.07) is 2.62. The molecule has 0 fully saturated rings. The lowest BCUT2D eigenvalue weighted by molar-refractivity contribution is 0.246. The molecule has 1 aromatic rings. The summed E-state index contributed by atoms with van der Waals surface area (Å²) in [6.07, 6.45) is 0.259. The molecule has 0 saturated carbocycles. The van der Waals surface area contributed by atoms with E-state index in [9.17, 15) is 8.42 Å². The summed E-state index contributed by atoms with van der Waals surface area (Å²) >= 11 is 17.5. The molecule has 2 N–H and O–H groups in total. The molecule has 0 unspecified atom stereocenters. The van der Waals surface area contributed by atoms with E-state index in [1.807, 2.05) is 0 Å². The first kappa shape index (κ1) is 17.0. The molecular weight excluding hydrogens is 333 g/mol. The predicted molar refractivity (Wildman–Crippen MR) is 77.6 cm³/mol. The Hall–Kier alpha value is -0.0400. The van der Waals surface area contributed by atoms with Crippen molar-refractivity contribution in [2.24, 2.45) is 0 Å². The van der Waals surface area contributed by atoms with Crippen molar-refractivity contribution in [3.8, 4) is 0 Å². The van der Waals surface area contributed by atoms with Gasteiger partial charge in [0.25, 0.3) is 0 Å². The minimum Gasteiger partial charge on any atom is -0.396 e. The SMILES string of the molecule is CC(C)(CCO)NS(=O)(=O)c1c(Cl)cc(Cl)cc1Cl. The van der Waals surface area contributed by atoms with Crippen LogP contribution in [0.2, 0.25) is 15.1 Å². The van der Waals surface area contributed by atoms with Crippen molar-refractivity contribution < 1.29 is 13.5 Å².